The lowest BCUT2D eigenvalue weighted by Gasteiger charge is -2.27. The predicted molar refractivity (Wildman–Crippen MR) is 75.2 cm³/mol. The van der Waals surface area contributed by atoms with Gasteiger partial charge in [0.05, 0.1) is 10.5 Å². The van der Waals surface area contributed by atoms with E-state index in [2.05, 4.69) is 5.32 Å². The van der Waals surface area contributed by atoms with Crippen molar-refractivity contribution in [1.29, 1.82) is 0 Å². The molecule has 2 amide bonds. The average Bonchev–Trinajstić information content (AvgIpc) is 2.78. The van der Waals surface area contributed by atoms with Crippen molar-refractivity contribution in [2.45, 2.75) is 32.4 Å². The highest BCUT2D eigenvalue weighted by Crippen LogP contribution is 2.09. The summed E-state index contributed by atoms with van der Waals surface area (Å²) in [5, 5.41) is 14.1. The summed E-state index contributed by atoms with van der Waals surface area (Å²) in [6.07, 6.45) is 0. The molecule has 6 heteroatoms. The number of hydrogen-bond donors (Lipinski definition) is 2. The van der Waals surface area contributed by atoms with Gasteiger partial charge in [-0.2, -0.15) is 0 Å². The normalized spacial score (nSPS) is 12.9. The third-order valence-electron chi connectivity index (χ3n) is 2.46. The number of nitrogens with one attached hydrogen (secondary N) is 1. The van der Waals surface area contributed by atoms with Crippen molar-refractivity contribution in [2.24, 2.45) is 0 Å². The fraction of sp³-hybridized carbons (Fsp3) is 0.538. The number of aliphatic hydroxyl groups is 1. The molecular weight excluding hydrogens is 264 g/mol. The van der Waals surface area contributed by atoms with Gasteiger partial charge in [-0.25, -0.2) is 0 Å². The highest BCUT2D eigenvalue weighted by molar-refractivity contribution is 7.12. The van der Waals surface area contributed by atoms with Crippen LogP contribution in [0.5, 0.6) is 0 Å². The molecule has 19 heavy (non-hydrogen) atoms. The average molecular weight is 284 g/mol. The molecule has 1 rings (SSSR count). The van der Waals surface area contributed by atoms with Crippen molar-refractivity contribution in [3.8, 4) is 0 Å². The van der Waals surface area contributed by atoms with Crippen LogP contribution in [-0.2, 0) is 4.79 Å². The van der Waals surface area contributed by atoms with E-state index in [1.807, 2.05) is 5.38 Å². The summed E-state index contributed by atoms with van der Waals surface area (Å²) in [6.45, 7) is 5.11. The van der Waals surface area contributed by atoms with Gasteiger partial charge in [-0.1, -0.05) is 6.07 Å². The Morgan fingerprint density at radius 2 is 2.16 bits per heavy atom. The summed E-state index contributed by atoms with van der Waals surface area (Å²) in [5.41, 5.74) is -0.956. The van der Waals surface area contributed by atoms with Crippen molar-refractivity contribution in [1.82, 2.24) is 10.2 Å². The molecule has 0 radical (unpaired) electrons. The number of likely N-dealkylation sites (N-methyl/N-ethyl adjacent to an activating group) is 1. The van der Waals surface area contributed by atoms with E-state index in [1.54, 1.807) is 40.0 Å². The Balaban J connectivity index is 2.55. The van der Waals surface area contributed by atoms with E-state index in [0.717, 1.165) is 0 Å². The summed E-state index contributed by atoms with van der Waals surface area (Å²) in [5.74, 6) is -0.487. The molecule has 0 aliphatic rings. The number of rotatable bonds is 5. The second kappa shape index (κ2) is 6.16. The Bertz CT molecular complexity index is 437. The molecule has 1 unspecified atom stereocenters. The Morgan fingerprint density at radius 3 is 2.63 bits per heavy atom. The molecule has 1 aromatic rings. The van der Waals surface area contributed by atoms with E-state index < -0.39 is 11.6 Å². The predicted octanol–water partition coefficient (Wildman–Crippen LogP) is 1.10. The summed E-state index contributed by atoms with van der Waals surface area (Å²) in [4.78, 5) is 25.8. The van der Waals surface area contributed by atoms with Crippen LogP contribution in [0.1, 0.15) is 30.4 Å². The monoisotopic (exact) mass is 284 g/mol. The summed E-state index contributed by atoms with van der Waals surface area (Å²) < 4.78 is 0. The maximum Gasteiger partial charge on any atom is 0.261 e. The summed E-state index contributed by atoms with van der Waals surface area (Å²) in [7, 11) is 1.61. The minimum atomic E-state index is -0.956. The van der Waals surface area contributed by atoms with E-state index in [0.29, 0.717) is 4.88 Å². The molecular formula is C13H20N2O3S. The van der Waals surface area contributed by atoms with Crippen LogP contribution >= 0.6 is 11.3 Å². The van der Waals surface area contributed by atoms with Crippen molar-refractivity contribution in [3.05, 3.63) is 22.4 Å². The van der Waals surface area contributed by atoms with Crippen molar-refractivity contribution >= 4 is 23.2 Å². The zero-order valence-electron chi connectivity index (χ0n) is 11.6. The molecule has 0 spiro atoms. The Hall–Kier alpha value is -1.40. The minimum Gasteiger partial charge on any atom is -0.389 e. The molecule has 0 saturated carbocycles. The zero-order valence-corrected chi connectivity index (χ0v) is 12.5. The molecule has 0 saturated heterocycles. The number of nitrogens with zero attached hydrogens (tertiary/aromatic N) is 1. The van der Waals surface area contributed by atoms with E-state index in [1.165, 1.54) is 16.2 Å². The number of carbonyl (C=O) groups is 2. The topological polar surface area (TPSA) is 69.6 Å². The van der Waals surface area contributed by atoms with Gasteiger partial charge in [0.15, 0.2) is 0 Å². The Labute approximate surface area is 117 Å². The van der Waals surface area contributed by atoms with Crippen molar-refractivity contribution < 1.29 is 14.7 Å². The second-order valence-electron chi connectivity index (χ2n) is 5.18. The molecule has 2 N–H and O–H groups in total. The highest BCUT2D eigenvalue weighted by atomic mass is 32.1. The largest absolute Gasteiger partial charge is 0.389 e. The number of thiophene rings is 1. The first-order valence-corrected chi connectivity index (χ1v) is 6.90. The zero-order chi connectivity index (χ0) is 14.6. The van der Waals surface area contributed by atoms with E-state index >= 15 is 0 Å². The molecule has 0 aromatic carbocycles. The first-order chi connectivity index (χ1) is 8.70. The summed E-state index contributed by atoms with van der Waals surface area (Å²) in [6, 6.07) is 2.87. The van der Waals surface area contributed by atoms with Gasteiger partial charge in [0, 0.05) is 13.6 Å². The lowest BCUT2D eigenvalue weighted by molar-refractivity contribution is -0.134. The highest BCUT2D eigenvalue weighted by Gasteiger charge is 2.24. The van der Waals surface area contributed by atoms with Crippen LogP contribution in [-0.4, -0.2) is 47.1 Å². The maximum absolute atomic E-state index is 12.0. The number of carbonyl (C=O) groups excluding carboxylic acids is 2. The smallest absolute Gasteiger partial charge is 0.261 e. The standard InChI is InChI=1S/C13H20N2O3S/c1-9(12(17)15(4)8-13(2,3)18)14-11(16)10-6-5-7-19-10/h5-7,9,18H,8H2,1-4H3,(H,14,16). The molecule has 106 valence electrons. The van der Waals surface area contributed by atoms with Crippen LogP contribution in [0.3, 0.4) is 0 Å². The van der Waals surface area contributed by atoms with E-state index in [9.17, 15) is 14.7 Å². The summed E-state index contributed by atoms with van der Waals surface area (Å²) >= 11 is 1.33. The second-order valence-corrected chi connectivity index (χ2v) is 6.13. The van der Waals surface area contributed by atoms with Gasteiger partial charge in [0.2, 0.25) is 5.91 Å². The third-order valence-corrected chi connectivity index (χ3v) is 3.33. The van der Waals surface area contributed by atoms with E-state index in [4.69, 9.17) is 0 Å². The fourth-order valence-electron chi connectivity index (χ4n) is 1.73. The van der Waals surface area contributed by atoms with Crippen LogP contribution in [0.25, 0.3) is 0 Å². The molecule has 1 heterocycles. The molecule has 0 fully saturated rings. The lowest BCUT2D eigenvalue weighted by atomic mass is 10.1. The lowest BCUT2D eigenvalue weighted by Crippen LogP contribution is -2.49. The number of hydrogen-bond acceptors (Lipinski definition) is 4. The van der Waals surface area contributed by atoms with Crippen LogP contribution in [0.4, 0.5) is 0 Å². The Kier molecular flexibility index (Phi) is 5.08. The van der Waals surface area contributed by atoms with Gasteiger partial charge >= 0.3 is 0 Å². The first-order valence-electron chi connectivity index (χ1n) is 6.02. The molecule has 1 aromatic heterocycles. The molecule has 0 aliphatic carbocycles. The van der Waals surface area contributed by atoms with Crippen LogP contribution in [0.15, 0.2) is 17.5 Å². The van der Waals surface area contributed by atoms with Crippen molar-refractivity contribution in [2.75, 3.05) is 13.6 Å². The SMILES string of the molecule is CC(NC(=O)c1cccs1)C(=O)N(C)CC(C)(C)O. The number of amides is 2. The van der Waals surface area contributed by atoms with E-state index in [-0.39, 0.29) is 18.4 Å². The van der Waals surface area contributed by atoms with Crippen LogP contribution in [0, 0.1) is 0 Å². The van der Waals surface area contributed by atoms with Gasteiger partial charge in [-0.3, -0.25) is 9.59 Å². The van der Waals surface area contributed by atoms with Crippen LogP contribution < -0.4 is 5.32 Å². The van der Waals surface area contributed by atoms with Crippen LogP contribution in [0.2, 0.25) is 0 Å². The maximum atomic E-state index is 12.0. The third kappa shape index (κ3) is 5.00. The quantitative estimate of drug-likeness (QED) is 0.850. The van der Waals surface area contributed by atoms with Gasteiger partial charge in [0.25, 0.3) is 5.91 Å². The van der Waals surface area contributed by atoms with Gasteiger partial charge in [-0.15, -0.1) is 11.3 Å². The van der Waals surface area contributed by atoms with Gasteiger partial charge in [-0.05, 0) is 32.2 Å². The molecule has 0 aliphatic heterocycles. The molecule has 1 atom stereocenters. The molecule has 5 nitrogen and oxygen atoms in total. The molecule has 0 bridgehead atoms. The minimum absolute atomic E-state index is 0.213. The fourth-order valence-corrected chi connectivity index (χ4v) is 2.35. The van der Waals surface area contributed by atoms with Crippen molar-refractivity contribution in [3.63, 3.8) is 0 Å². The van der Waals surface area contributed by atoms with Gasteiger partial charge < -0.3 is 15.3 Å². The van der Waals surface area contributed by atoms with Gasteiger partial charge in [0.1, 0.15) is 6.04 Å². The first kappa shape index (κ1) is 15.7. The Morgan fingerprint density at radius 1 is 1.53 bits per heavy atom.